The monoisotopic (exact) mass is 462 g/mol. The molecule has 10 heteroatoms. The van der Waals surface area contributed by atoms with Crippen LogP contribution < -0.4 is 5.69 Å². The fourth-order valence-corrected chi connectivity index (χ4v) is 5.71. The van der Waals surface area contributed by atoms with Crippen molar-refractivity contribution >= 4 is 10.0 Å². The molecule has 1 saturated heterocycles. The van der Waals surface area contributed by atoms with Gasteiger partial charge in [0.1, 0.15) is 17.5 Å². The summed E-state index contributed by atoms with van der Waals surface area (Å²) in [5.41, 5.74) is 0.740. The minimum absolute atomic E-state index is 0.0875. The molecule has 2 heterocycles. The third-order valence-electron chi connectivity index (χ3n) is 5.78. The number of nitrogens with zero attached hydrogens (tertiary/aromatic N) is 4. The molecule has 1 aromatic heterocycles. The van der Waals surface area contributed by atoms with Crippen LogP contribution in [0.4, 0.5) is 8.78 Å². The normalized spacial score (nSPS) is 15.8. The molecule has 0 N–H and O–H groups in total. The SMILES string of the molecule is CCn1c(C2CCN(S(=O)(=O)c3c(F)cccc3F)CC2)nn(Cc2ccccc2)c1=O. The lowest BCUT2D eigenvalue weighted by Gasteiger charge is -2.30. The van der Waals surface area contributed by atoms with E-state index in [1.165, 1.54) is 4.68 Å². The summed E-state index contributed by atoms with van der Waals surface area (Å²) in [6.45, 7) is 2.83. The third-order valence-corrected chi connectivity index (χ3v) is 7.73. The molecule has 0 amide bonds. The van der Waals surface area contributed by atoms with E-state index in [0.717, 1.165) is 28.1 Å². The van der Waals surface area contributed by atoms with E-state index >= 15 is 0 Å². The van der Waals surface area contributed by atoms with Crippen molar-refractivity contribution in [2.75, 3.05) is 13.1 Å². The summed E-state index contributed by atoms with van der Waals surface area (Å²) >= 11 is 0. The largest absolute Gasteiger partial charge is 0.346 e. The van der Waals surface area contributed by atoms with Crippen molar-refractivity contribution in [1.29, 1.82) is 0 Å². The lowest BCUT2D eigenvalue weighted by Crippen LogP contribution is -2.39. The van der Waals surface area contributed by atoms with Gasteiger partial charge in [-0.05, 0) is 37.5 Å². The van der Waals surface area contributed by atoms with Gasteiger partial charge in [-0.3, -0.25) is 4.57 Å². The van der Waals surface area contributed by atoms with Gasteiger partial charge < -0.3 is 0 Å². The van der Waals surface area contributed by atoms with E-state index in [1.807, 2.05) is 37.3 Å². The van der Waals surface area contributed by atoms with Crippen LogP contribution in [0, 0.1) is 11.6 Å². The van der Waals surface area contributed by atoms with E-state index in [-0.39, 0.29) is 24.7 Å². The highest BCUT2D eigenvalue weighted by Crippen LogP contribution is 2.31. The number of sulfonamides is 1. The van der Waals surface area contributed by atoms with E-state index in [9.17, 15) is 22.0 Å². The summed E-state index contributed by atoms with van der Waals surface area (Å²) in [7, 11) is -4.30. The van der Waals surface area contributed by atoms with Gasteiger partial charge in [-0.2, -0.15) is 9.40 Å². The lowest BCUT2D eigenvalue weighted by molar-refractivity contribution is 0.306. The van der Waals surface area contributed by atoms with Gasteiger partial charge in [0.2, 0.25) is 10.0 Å². The van der Waals surface area contributed by atoms with Crippen LogP contribution in [0.3, 0.4) is 0 Å². The van der Waals surface area contributed by atoms with Gasteiger partial charge in [-0.1, -0.05) is 36.4 Å². The van der Waals surface area contributed by atoms with Crippen LogP contribution in [-0.4, -0.2) is 40.2 Å². The quantitative estimate of drug-likeness (QED) is 0.564. The third kappa shape index (κ3) is 4.12. The zero-order valence-corrected chi connectivity index (χ0v) is 18.4. The van der Waals surface area contributed by atoms with E-state index in [4.69, 9.17) is 0 Å². The second-order valence-corrected chi connectivity index (χ2v) is 9.63. The Morgan fingerprint density at radius 1 is 1.00 bits per heavy atom. The number of hydrogen-bond donors (Lipinski definition) is 0. The van der Waals surface area contributed by atoms with Gasteiger partial charge >= 0.3 is 5.69 Å². The molecule has 0 aliphatic carbocycles. The van der Waals surface area contributed by atoms with Crippen LogP contribution >= 0.6 is 0 Å². The van der Waals surface area contributed by atoms with Crippen molar-refractivity contribution in [2.45, 2.75) is 43.7 Å². The first-order valence-electron chi connectivity index (χ1n) is 10.5. The second-order valence-electron chi connectivity index (χ2n) is 7.76. The van der Waals surface area contributed by atoms with Crippen molar-refractivity contribution in [1.82, 2.24) is 18.7 Å². The van der Waals surface area contributed by atoms with Crippen LogP contribution in [0.5, 0.6) is 0 Å². The van der Waals surface area contributed by atoms with E-state index in [2.05, 4.69) is 5.10 Å². The molecule has 170 valence electrons. The molecule has 1 fully saturated rings. The Morgan fingerprint density at radius 2 is 1.62 bits per heavy atom. The summed E-state index contributed by atoms with van der Waals surface area (Å²) < 4.78 is 57.9. The first-order valence-corrected chi connectivity index (χ1v) is 11.9. The van der Waals surface area contributed by atoms with E-state index in [0.29, 0.717) is 31.8 Å². The van der Waals surface area contributed by atoms with Gasteiger partial charge in [0, 0.05) is 25.6 Å². The lowest BCUT2D eigenvalue weighted by atomic mass is 9.97. The molecule has 0 bridgehead atoms. The first-order chi connectivity index (χ1) is 15.3. The van der Waals surface area contributed by atoms with Gasteiger partial charge in [0.25, 0.3) is 0 Å². The number of piperidine rings is 1. The van der Waals surface area contributed by atoms with E-state index in [1.54, 1.807) is 4.57 Å². The summed E-state index contributed by atoms with van der Waals surface area (Å²) in [6, 6.07) is 12.5. The average molecular weight is 463 g/mol. The van der Waals surface area contributed by atoms with Crippen molar-refractivity contribution in [3.8, 4) is 0 Å². The van der Waals surface area contributed by atoms with Gasteiger partial charge in [-0.25, -0.2) is 26.7 Å². The fraction of sp³-hybridized carbons (Fsp3) is 0.364. The highest BCUT2D eigenvalue weighted by atomic mass is 32.2. The number of rotatable bonds is 6. The highest BCUT2D eigenvalue weighted by Gasteiger charge is 2.35. The molecule has 2 aromatic carbocycles. The Bertz CT molecular complexity index is 1240. The van der Waals surface area contributed by atoms with Crippen LogP contribution in [0.1, 0.15) is 37.1 Å². The minimum atomic E-state index is -4.30. The van der Waals surface area contributed by atoms with Crippen molar-refractivity contribution < 1.29 is 17.2 Å². The molecule has 0 saturated carbocycles. The van der Waals surface area contributed by atoms with Crippen molar-refractivity contribution in [2.24, 2.45) is 0 Å². The van der Waals surface area contributed by atoms with Crippen LogP contribution in [0.2, 0.25) is 0 Å². The minimum Gasteiger partial charge on any atom is -0.279 e. The molecule has 32 heavy (non-hydrogen) atoms. The molecular formula is C22H24F2N4O3S. The number of aromatic nitrogens is 3. The molecule has 1 aliphatic rings. The summed E-state index contributed by atoms with van der Waals surface area (Å²) in [4.78, 5) is 11.9. The number of benzene rings is 2. The molecule has 0 radical (unpaired) electrons. The molecule has 1 aliphatic heterocycles. The Balaban J connectivity index is 1.54. The number of halogens is 2. The molecular weight excluding hydrogens is 438 g/mol. The maximum absolute atomic E-state index is 14.1. The molecule has 7 nitrogen and oxygen atoms in total. The Labute approximate surface area is 185 Å². The Hall–Kier alpha value is -2.85. The maximum atomic E-state index is 14.1. The zero-order chi connectivity index (χ0) is 22.9. The predicted octanol–water partition coefficient (Wildman–Crippen LogP) is 2.96. The standard InChI is InChI=1S/C22H24F2N4O3S/c1-2-27-21(25-28(22(27)29)15-16-7-4-3-5-8-16)17-11-13-26(14-12-17)32(30,31)20-18(23)9-6-10-19(20)24/h3-10,17H,2,11-15H2,1H3. The molecule has 0 unspecified atom stereocenters. The van der Waals surface area contributed by atoms with Crippen LogP contribution in [0.25, 0.3) is 0 Å². The Morgan fingerprint density at radius 3 is 2.22 bits per heavy atom. The first kappa shape index (κ1) is 22.3. The second kappa shape index (κ2) is 8.95. The maximum Gasteiger partial charge on any atom is 0.346 e. The zero-order valence-electron chi connectivity index (χ0n) is 17.6. The summed E-state index contributed by atoms with van der Waals surface area (Å²) in [5, 5.41) is 4.55. The molecule has 0 spiro atoms. The topological polar surface area (TPSA) is 77.2 Å². The van der Waals surface area contributed by atoms with Crippen LogP contribution in [-0.2, 0) is 23.1 Å². The van der Waals surface area contributed by atoms with Gasteiger partial charge in [-0.15, -0.1) is 0 Å². The molecule has 0 atom stereocenters. The van der Waals surface area contributed by atoms with Crippen molar-refractivity contribution in [3.63, 3.8) is 0 Å². The van der Waals surface area contributed by atoms with Crippen molar-refractivity contribution in [3.05, 3.63) is 82.0 Å². The smallest absolute Gasteiger partial charge is 0.279 e. The van der Waals surface area contributed by atoms with Gasteiger partial charge in [0.15, 0.2) is 4.90 Å². The Kier molecular flexibility index (Phi) is 6.25. The highest BCUT2D eigenvalue weighted by molar-refractivity contribution is 7.89. The van der Waals surface area contributed by atoms with Crippen LogP contribution in [0.15, 0.2) is 58.2 Å². The van der Waals surface area contributed by atoms with Gasteiger partial charge in [0.05, 0.1) is 6.54 Å². The fourth-order valence-electron chi connectivity index (χ4n) is 4.13. The summed E-state index contributed by atoms with van der Waals surface area (Å²) in [5.74, 6) is -1.72. The molecule has 4 rings (SSSR count). The average Bonchev–Trinajstić information content (AvgIpc) is 3.09. The summed E-state index contributed by atoms with van der Waals surface area (Å²) in [6.07, 6.45) is 0.800. The van der Waals surface area contributed by atoms with E-state index < -0.39 is 26.6 Å². The number of hydrogen-bond acceptors (Lipinski definition) is 4. The molecule has 3 aromatic rings. The predicted molar refractivity (Wildman–Crippen MR) is 115 cm³/mol.